The summed E-state index contributed by atoms with van der Waals surface area (Å²) in [5, 5.41) is 0. The average Bonchev–Trinajstić information content (AvgIpc) is 3.27. The maximum atomic E-state index is 12.6. The molecule has 3 rings (SSSR count). The molecule has 2 aromatic carbocycles. The Hall–Kier alpha value is -1.71. The molecule has 2 aromatic rings. The minimum atomic E-state index is -4.45. The zero-order chi connectivity index (χ0) is 16.9. The second-order valence-corrected chi connectivity index (χ2v) is 7.16. The lowest BCUT2D eigenvalue weighted by molar-refractivity contribution is -0.138. The Morgan fingerprint density at radius 1 is 0.652 bits per heavy atom. The lowest BCUT2D eigenvalue weighted by Gasteiger charge is -2.16. The molecule has 1 fully saturated rings. The number of hydrogen-bond donors (Lipinski definition) is 1. The second kappa shape index (κ2) is 5.15. The van der Waals surface area contributed by atoms with E-state index >= 15 is 0 Å². The van der Waals surface area contributed by atoms with Crippen LogP contribution in [0.5, 0.6) is 0 Å². The van der Waals surface area contributed by atoms with Crippen molar-refractivity contribution in [1.82, 2.24) is 4.89 Å². The van der Waals surface area contributed by atoms with Gasteiger partial charge in [0.25, 0.3) is 0 Å². The largest absolute Gasteiger partial charge is 0.416 e. The van der Waals surface area contributed by atoms with Crippen LogP contribution in [0.2, 0.25) is 0 Å². The van der Waals surface area contributed by atoms with Gasteiger partial charge < -0.3 is 0 Å². The number of rotatable bonds is 2. The van der Waals surface area contributed by atoms with Gasteiger partial charge in [-0.15, -0.1) is 4.89 Å². The van der Waals surface area contributed by atoms with Crippen molar-refractivity contribution in [3.8, 4) is 0 Å². The molecule has 0 amide bonds. The monoisotopic (exact) mass is 353 g/mol. The Bertz CT molecular complexity index is 645. The van der Waals surface area contributed by atoms with E-state index in [0.717, 1.165) is 24.3 Å². The van der Waals surface area contributed by atoms with Gasteiger partial charge in [-0.2, -0.15) is 26.3 Å². The Balaban J connectivity index is 1.90. The average molecular weight is 353 g/mol. The van der Waals surface area contributed by atoms with Crippen LogP contribution in [0, 0.1) is 0 Å². The van der Waals surface area contributed by atoms with Crippen molar-refractivity contribution in [2.45, 2.75) is 22.1 Å². The molecule has 0 aromatic heterocycles. The van der Waals surface area contributed by atoms with Gasteiger partial charge in [-0.1, -0.05) is 0 Å². The first-order valence-electron chi connectivity index (χ1n) is 6.26. The maximum absolute atomic E-state index is 12.6. The van der Waals surface area contributed by atoms with Crippen molar-refractivity contribution < 1.29 is 30.6 Å². The number of nitrogens with one attached hydrogen (secondary N) is 1. The summed E-state index contributed by atoms with van der Waals surface area (Å²) in [5.41, 5.74) is -1.60. The third kappa shape index (κ3) is 3.04. The van der Waals surface area contributed by atoms with E-state index in [4.69, 9.17) is 4.28 Å². The normalized spacial score (nSPS) is 18.5. The van der Waals surface area contributed by atoms with Gasteiger partial charge in [0.15, 0.2) is 0 Å². The van der Waals surface area contributed by atoms with E-state index in [1.165, 1.54) is 24.3 Å². The van der Waals surface area contributed by atoms with Crippen molar-refractivity contribution in [3.05, 3.63) is 59.7 Å². The van der Waals surface area contributed by atoms with Crippen LogP contribution in [0.4, 0.5) is 26.3 Å². The summed E-state index contributed by atoms with van der Waals surface area (Å²) >= 11 is 0. The van der Waals surface area contributed by atoms with Crippen molar-refractivity contribution in [2.75, 3.05) is 0 Å². The Labute approximate surface area is 128 Å². The van der Waals surface area contributed by atoms with Gasteiger partial charge in [0.1, 0.15) is 0 Å². The summed E-state index contributed by atoms with van der Waals surface area (Å²) in [6, 6.07) is 8.70. The number of alkyl halides is 6. The van der Waals surface area contributed by atoms with Crippen molar-refractivity contribution in [2.24, 2.45) is 0 Å². The molecule has 0 aliphatic carbocycles. The molecule has 0 saturated carbocycles. The molecular weight excluding hydrogens is 344 g/mol. The molecule has 0 unspecified atom stereocenters. The van der Waals surface area contributed by atoms with Crippen LogP contribution in [0.15, 0.2) is 58.3 Å². The quantitative estimate of drug-likeness (QED) is 0.586. The van der Waals surface area contributed by atoms with E-state index in [1.807, 2.05) is 0 Å². The van der Waals surface area contributed by atoms with Gasteiger partial charge in [0, 0.05) is 20.3 Å². The summed E-state index contributed by atoms with van der Waals surface area (Å²) in [6.45, 7) is 0. The SMILES string of the molecule is FC(F)(F)c1ccc(S2(c3ccc(C(F)(F)F)cc3)NO2)cc1. The first kappa shape index (κ1) is 16.2. The minimum Gasteiger partial charge on any atom is -0.217 e. The van der Waals surface area contributed by atoms with Crippen molar-refractivity contribution in [3.63, 3.8) is 0 Å². The molecule has 9 heteroatoms. The summed E-state index contributed by atoms with van der Waals surface area (Å²) in [4.78, 5) is 3.52. The number of benzene rings is 2. The van der Waals surface area contributed by atoms with Crippen molar-refractivity contribution >= 4 is 10.5 Å². The zero-order valence-corrected chi connectivity index (χ0v) is 12.0. The fourth-order valence-electron chi connectivity index (χ4n) is 2.03. The highest BCUT2D eigenvalue weighted by atomic mass is 32.3. The standard InChI is InChI=1S/C14H9F6NOS/c15-13(16,17)9-1-5-11(6-2-9)23(21-22-23)12-7-3-10(4-8-12)14(18,19)20/h1-8,21H. The summed E-state index contributed by atoms with van der Waals surface area (Å²) in [5.74, 6) is 0. The molecule has 1 aliphatic heterocycles. The van der Waals surface area contributed by atoms with Gasteiger partial charge in [-0.3, -0.25) is 0 Å². The third-order valence-electron chi connectivity index (χ3n) is 3.28. The molecular formula is C14H9F6NOS. The molecule has 1 N–H and O–H groups in total. The fraction of sp³-hybridized carbons (Fsp3) is 0.143. The van der Waals surface area contributed by atoms with Crippen LogP contribution in [0.1, 0.15) is 11.1 Å². The highest BCUT2D eigenvalue weighted by molar-refractivity contribution is 8.32. The smallest absolute Gasteiger partial charge is 0.217 e. The highest BCUT2D eigenvalue weighted by Gasteiger charge is 2.44. The lowest BCUT2D eigenvalue weighted by Crippen LogP contribution is -2.05. The molecule has 1 saturated heterocycles. The van der Waals surface area contributed by atoms with Gasteiger partial charge in [-0.25, -0.2) is 4.28 Å². The molecule has 0 radical (unpaired) electrons. The molecule has 23 heavy (non-hydrogen) atoms. The van der Waals surface area contributed by atoms with E-state index in [2.05, 4.69) is 4.89 Å². The van der Waals surface area contributed by atoms with Crippen LogP contribution < -0.4 is 4.89 Å². The zero-order valence-electron chi connectivity index (χ0n) is 11.2. The Kier molecular flexibility index (Phi) is 3.62. The van der Waals surface area contributed by atoms with Crippen LogP contribution in [-0.2, 0) is 16.6 Å². The van der Waals surface area contributed by atoms with Gasteiger partial charge in [0.2, 0.25) is 0 Å². The first-order chi connectivity index (χ1) is 10.6. The molecule has 1 aliphatic rings. The highest BCUT2D eigenvalue weighted by Crippen LogP contribution is 2.69. The van der Waals surface area contributed by atoms with Gasteiger partial charge >= 0.3 is 12.4 Å². The minimum absolute atomic E-state index is 0.449. The number of halogens is 6. The Morgan fingerprint density at radius 2 is 0.957 bits per heavy atom. The molecule has 1 heterocycles. The summed E-state index contributed by atoms with van der Waals surface area (Å²) in [7, 11) is -2.20. The summed E-state index contributed by atoms with van der Waals surface area (Å²) < 4.78 is 80.6. The molecule has 0 bridgehead atoms. The second-order valence-electron chi connectivity index (χ2n) is 4.77. The maximum Gasteiger partial charge on any atom is 0.416 e. The van der Waals surface area contributed by atoms with Crippen LogP contribution >= 0.6 is 10.5 Å². The van der Waals surface area contributed by atoms with Crippen LogP contribution in [-0.4, -0.2) is 0 Å². The van der Waals surface area contributed by atoms with Gasteiger partial charge in [0.05, 0.1) is 11.1 Å². The van der Waals surface area contributed by atoms with E-state index in [1.54, 1.807) is 0 Å². The van der Waals surface area contributed by atoms with E-state index in [9.17, 15) is 26.3 Å². The summed E-state index contributed by atoms with van der Waals surface area (Å²) in [6.07, 6.45) is -8.90. The lowest BCUT2D eigenvalue weighted by atomic mass is 10.2. The predicted octanol–water partition coefficient (Wildman–Crippen LogP) is 5.31. The topological polar surface area (TPSA) is 34.5 Å². The first-order valence-corrected chi connectivity index (χ1v) is 7.82. The fourth-order valence-corrected chi connectivity index (χ4v) is 4.00. The number of hydrogen-bond acceptors (Lipinski definition) is 2. The van der Waals surface area contributed by atoms with Gasteiger partial charge in [-0.05, 0) is 48.5 Å². The third-order valence-corrected chi connectivity index (χ3v) is 5.65. The predicted molar refractivity (Wildman–Crippen MR) is 71.2 cm³/mol. The molecule has 124 valence electrons. The van der Waals surface area contributed by atoms with E-state index in [0.29, 0.717) is 9.79 Å². The van der Waals surface area contributed by atoms with Crippen molar-refractivity contribution in [1.29, 1.82) is 0 Å². The van der Waals surface area contributed by atoms with E-state index < -0.39 is 34.0 Å². The van der Waals surface area contributed by atoms with E-state index in [-0.39, 0.29) is 0 Å². The molecule has 0 spiro atoms. The van der Waals surface area contributed by atoms with Crippen LogP contribution in [0.3, 0.4) is 0 Å². The molecule has 0 atom stereocenters. The van der Waals surface area contributed by atoms with Crippen LogP contribution in [0.25, 0.3) is 0 Å². The Morgan fingerprint density at radius 3 is 1.17 bits per heavy atom. The molecule has 2 nitrogen and oxygen atoms in total.